The minimum Gasteiger partial charge on any atom is -0.335 e. The van der Waals surface area contributed by atoms with Crippen LogP contribution < -0.4 is 10.2 Å². The van der Waals surface area contributed by atoms with Crippen molar-refractivity contribution in [2.75, 3.05) is 0 Å². The lowest BCUT2D eigenvalue weighted by Crippen LogP contribution is -1.94. The van der Waals surface area contributed by atoms with E-state index in [0.29, 0.717) is 11.6 Å². The first-order chi connectivity index (χ1) is 7.45. The Morgan fingerprint density at radius 2 is 1.27 bits per heavy atom. The maximum Gasteiger partial charge on any atom is 0.00987 e. The van der Waals surface area contributed by atoms with Crippen LogP contribution in [-0.2, 0) is 12.8 Å². The molecule has 0 unspecified atom stereocenters. The fourth-order valence-corrected chi connectivity index (χ4v) is 1.27. The second-order valence-corrected chi connectivity index (χ2v) is 3.15. The third-order valence-electron chi connectivity index (χ3n) is 2.02. The molecule has 0 fully saturated rings. The number of aromatic nitrogens is 8. The van der Waals surface area contributed by atoms with Crippen molar-refractivity contribution in [3.8, 4) is 0 Å². The molecule has 15 heavy (non-hydrogen) atoms. The quantitative estimate of drug-likeness (QED) is 0.550. The van der Waals surface area contributed by atoms with E-state index in [9.17, 15) is 0 Å². The number of hydrogen-bond donors (Lipinski definition) is 0. The Hall–Kier alpha value is -1.86. The number of aryl methyl sites for hydroxylation is 2. The molecule has 2 rings (SSSR count). The van der Waals surface area contributed by atoms with Crippen LogP contribution in [0.2, 0.25) is 0 Å². The first kappa shape index (κ1) is 9.69. The lowest BCUT2D eigenvalue weighted by atomic mass is 10.1. The highest BCUT2D eigenvalue weighted by Gasteiger charge is 1.93. The van der Waals surface area contributed by atoms with Gasteiger partial charge in [-0.3, -0.25) is 20.6 Å². The zero-order chi connectivity index (χ0) is 10.3. The monoisotopic (exact) mass is 206 g/mol. The molecular formula is C7H10N8-2. The summed E-state index contributed by atoms with van der Waals surface area (Å²) >= 11 is 0. The van der Waals surface area contributed by atoms with Crippen LogP contribution in [0, 0.1) is 0 Å². The topological polar surface area (TPSA) is 106 Å². The Morgan fingerprint density at radius 3 is 1.67 bits per heavy atom. The molecular weight excluding hydrogens is 196 g/mol. The van der Waals surface area contributed by atoms with Crippen LogP contribution in [0.4, 0.5) is 0 Å². The van der Waals surface area contributed by atoms with Gasteiger partial charge in [-0.05, 0) is 25.7 Å². The van der Waals surface area contributed by atoms with Gasteiger partial charge in [-0.25, -0.2) is 0 Å². The molecule has 0 aromatic carbocycles. The summed E-state index contributed by atoms with van der Waals surface area (Å²) in [5.41, 5.74) is 0. The molecule has 0 saturated carbocycles. The first-order valence-electron chi connectivity index (χ1n) is 4.80. The first-order valence-corrected chi connectivity index (χ1v) is 4.80. The summed E-state index contributed by atoms with van der Waals surface area (Å²) in [6.07, 6.45) is 4.77. The van der Waals surface area contributed by atoms with Crippen LogP contribution in [0.5, 0.6) is 0 Å². The molecule has 0 aliphatic rings. The highest BCUT2D eigenvalue weighted by molar-refractivity contribution is 4.77. The summed E-state index contributed by atoms with van der Waals surface area (Å²) in [4.78, 5) is 0. The standard InChI is InChI=1S/C7H10N8/c1(2-4-6-8-12-13-9-6)3-5-7-10-14-15-11-7/h1-5H2/q-2. The van der Waals surface area contributed by atoms with Gasteiger partial charge >= 0.3 is 0 Å². The summed E-state index contributed by atoms with van der Waals surface area (Å²) in [6.45, 7) is 0. The van der Waals surface area contributed by atoms with E-state index in [2.05, 4.69) is 41.2 Å². The second kappa shape index (κ2) is 5.13. The normalized spacial score (nSPS) is 10.7. The Balaban J connectivity index is 1.56. The minimum atomic E-state index is 0.711. The van der Waals surface area contributed by atoms with Crippen molar-refractivity contribution in [3.05, 3.63) is 11.6 Å². The van der Waals surface area contributed by atoms with E-state index >= 15 is 0 Å². The molecule has 0 spiro atoms. The van der Waals surface area contributed by atoms with Crippen LogP contribution >= 0.6 is 0 Å². The zero-order valence-electron chi connectivity index (χ0n) is 8.11. The van der Waals surface area contributed by atoms with E-state index in [1.54, 1.807) is 0 Å². The smallest absolute Gasteiger partial charge is 0.00987 e. The highest BCUT2D eigenvalue weighted by atomic mass is 15.5. The van der Waals surface area contributed by atoms with Gasteiger partial charge in [0.1, 0.15) is 0 Å². The minimum absolute atomic E-state index is 0.711. The number of rotatable bonds is 6. The summed E-state index contributed by atoms with van der Waals surface area (Å²) in [5.74, 6) is 1.42. The third-order valence-corrected chi connectivity index (χ3v) is 2.02. The Bertz CT molecular complexity index is 316. The van der Waals surface area contributed by atoms with E-state index in [-0.39, 0.29) is 0 Å². The van der Waals surface area contributed by atoms with E-state index in [1.165, 1.54) is 0 Å². The zero-order valence-corrected chi connectivity index (χ0v) is 8.11. The van der Waals surface area contributed by atoms with Crippen LogP contribution in [0.25, 0.3) is 0 Å². The van der Waals surface area contributed by atoms with Crippen molar-refractivity contribution in [1.82, 2.24) is 41.2 Å². The molecule has 0 atom stereocenters. The second-order valence-electron chi connectivity index (χ2n) is 3.15. The molecule has 0 aliphatic carbocycles. The number of nitrogens with zero attached hydrogens (tertiary/aromatic N) is 8. The van der Waals surface area contributed by atoms with Gasteiger partial charge in [0.15, 0.2) is 0 Å². The maximum absolute atomic E-state index is 3.75. The van der Waals surface area contributed by atoms with Crippen molar-refractivity contribution in [2.45, 2.75) is 32.1 Å². The lowest BCUT2D eigenvalue weighted by molar-refractivity contribution is 0.647. The van der Waals surface area contributed by atoms with E-state index in [1.807, 2.05) is 0 Å². The van der Waals surface area contributed by atoms with E-state index < -0.39 is 0 Å². The van der Waals surface area contributed by atoms with Crippen LogP contribution in [0.3, 0.4) is 0 Å². The van der Waals surface area contributed by atoms with Crippen LogP contribution in [0.1, 0.15) is 30.9 Å². The van der Waals surface area contributed by atoms with E-state index in [4.69, 9.17) is 0 Å². The van der Waals surface area contributed by atoms with E-state index in [0.717, 1.165) is 32.1 Å². The number of hydrogen-bond acceptors (Lipinski definition) is 6. The van der Waals surface area contributed by atoms with Crippen LogP contribution in [-0.4, -0.2) is 31.1 Å². The molecule has 0 bridgehead atoms. The SMILES string of the molecule is C(CCc1nnn[n-]1)CCc1nnn[n-]1. The van der Waals surface area contributed by atoms with Gasteiger partial charge < -0.3 is 10.2 Å². The van der Waals surface area contributed by atoms with Crippen LogP contribution in [0.15, 0.2) is 0 Å². The molecule has 0 amide bonds. The predicted molar refractivity (Wildman–Crippen MR) is 47.6 cm³/mol. The summed E-state index contributed by atoms with van der Waals surface area (Å²) < 4.78 is 0. The molecule has 0 radical (unpaired) electrons. The van der Waals surface area contributed by atoms with Crippen molar-refractivity contribution in [1.29, 1.82) is 0 Å². The van der Waals surface area contributed by atoms with Gasteiger partial charge in [-0.2, -0.15) is 10.4 Å². The summed E-state index contributed by atoms with van der Waals surface area (Å²) in [6, 6.07) is 0. The largest absolute Gasteiger partial charge is 0.335 e. The summed E-state index contributed by atoms with van der Waals surface area (Å²) in [5, 5.41) is 28.6. The fraction of sp³-hybridized carbons (Fsp3) is 0.714. The van der Waals surface area contributed by atoms with Gasteiger partial charge in [0.25, 0.3) is 0 Å². The number of tetrazole rings is 2. The average Bonchev–Trinajstić information content (AvgIpc) is 2.88. The molecule has 2 aromatic heterocycles. The van der Waals surface area contributed by atoms with Crippen molar-refractivity contribution in [2.24, 2.45) is 0 Å². The Morgan fingerprint density at radius 1 is 0.733 bits per heavy atom. The summed E-state index contributed by atoms with van der Waals surface area (Å²) in [7, 11) is 0. The van der Waals surface area contributed by atoms with Gasteiger partial charge in [-0.1, -0.05) is 6.42 Å². The third kappa shape index (κ3) is 3.08. The Kier molecular flexibility index (Phi) is 3.31. The number of unbranched alkanes of at least 4 members (excludes halogenated alkanes) is 2. The molecule has 8 nitrogen and oxygen atoms in total. The molecule has 2 heterocycles. The Labute approximate surface area is 85.9 Å². The van der Waals surface area contributed by atoms with Gasteiger partial charge in [0.2, 0.25) is 0 Å². The van der Waals surface area contributed by atoms with Crippen molar-refractivity contribution in [3.63, 3.8) is 0 Å². The maximum atomic E-state index is 3.75. The van der Waals surface area contributed by atoms with Crippen molar-refractivity contribution >= 4 is 0 Å². The fourth-order valence-electron chi connectivity index (χ4n) is 1.27. The average molecular weight is 206 g/mol. The van der Waals surface area contributed by atoms with Crippen molar-refractivity contribution < 1.29 is 0 Å². The van der Waals surface area contributed by atoms with Gasteiger partial charge in [0.05, 0.1) is 0 Å². The predicted octanol–water partition coefficient (Wildman–Crippen LogP) is -1.07. The van der Waals surface area contributed by atoms with Gasteiger partial charge in [0, 0.05) is 11.6 Å². The molecule has 0 N–H and O–H groups in total. The molecule has 0 saturated heterocycles. The molecule has 0 aliphatic heterocycles. The molecule has 80 valence electrons. The molecule has 8 heteroatoms. The molecule has 2 aromatic rings. The lowest BCUT2D eigenvalue weighted by Gasteiger charge is -2.01. The highest BCUT2D eigenvalue weighted by Crippen LogP contribution is 2.02. The van der Waals surface area contributed by atoms with Gasteiger partial charge in [-0.15, -0.1) is 0 Å².